The Kier molecular flexibility index (Phi) is 7.18. The molecule has 1 heterocycles. The zero-order chi connectivity index (χ0) is 19.1. The summed E-state index contributed by atoms with van der Waals surface area (Å²) in [6.07, 6.45) is -0.533. The van der Waals surface area contributed by atoms with Crippen molar-refractivity contribution in [1.82, 2.24) is 0 Å². The van der Waals surface area contributed by atoms with E-state index in [4.69, 9.17) is 14.2 Å². The molecule has 1 N–H and O–H groups in total. The topological polar surface area (TPSA) is 47.9 Å². The third-order valence-corrected chi connectivity index (χ3v) is 4.89. The smallest absolute Gasteiger partial charge is 0.116 e. The van der Waals surface area contributed by atoms with Crippen molar-refractivity contribution in [3.8, 4) is 0 Å². The zero-order valence-corrected chi connectivity index (χ0v) is 15.8. The first-order chi connectivity index (χ1) is 13.2. The number of ether oxygens (including phenoxy) is 3. The van der Waals surface area contributed by atoms with E-state index in [-0.39, 0.29) is 18.8 Å². The molecule has 0 spiro atoms. The van der Waals surface area contributed by atoms with Crippen LogP contribution in [0.1, 0.15) is 24.5 Å². The molecule has 2 aromatic carbocycles. The average Bonchev–Trinajstić information content (AvgIpc) is 2.73. The van der Waals surface area contributed by atoms with Crippen LogP contribution in [0.4, 0.5) is 0 Å². The van der Waals surface area contributed by atoms with E-state index >= 15 is 0 Å². The fourth-order valence-electron chi connectivity index (χ4n) is 3.39. The normalized spacial score (nSPS) is 25.5. The molecule has 4 nitrogen and oxygen atoms in total. The number of hydrogen-bond donors (Lipinski definition) is 1. The monoisotopic (exact) mass is 368 g/mol. The van der Waals surface area contributed by atoms with E-state index in [1.807, 2.05) is 67.6 Å². The maximum Gasteiger partial charge on any atom is 0.116 e. The molecule has 0 amide bonds. The highest BCUT2D eigenvalue weighted by atomic mass is 16.6. The van der Waals surface area contributed by atoms with Crippen LogP contribution >= 0.6 is 0 Å². The van der Waals surface area contributed by atoms with Gasteiger partial charge in [0.15, 0.2) is 0 Å². The summed E-state index contributed by atoms with van der Waals surface area (Å²) in [5.74, 6) is 0. The minimum atomic E-state index is -0.440. The first-order valence-corrected chi connectivity index (χ1v) is 9.49. The highest BCUT2D eigenvalue weighted by Gasteiger charge is 2.42. The van der Waals surface area contributed by atoms with Crippen molar-refractivity contribution >= 4 is 0 Å². The van der Waals surface area contributed by atoms with Gasteiger partial charge in [-0.1, -0.05) is 74.2 Å². The molecule has 1 aliphatic rings. The predicted octanol–water partition coefficient (Wildman–Crippen LogP) is 3.88. The van der Waals surface area contributed by atoms with Crippen molar-refractivity contribution in [2.24, 2.45) is 0 Å². The third-order valence-electron chi connectivity index (χ3n) is 4.89. The van der Waals surface area contributed by atoms with Crippen molar-refractivity contribution in [2.45, 2.75) is 51.0 Å². The lowest BCUT2D eigenvalue weighted by molar-refractivity contribution is -0.189. The van der Waals surface area contributed by atoms with E-state index in [0.29, 0.717) is 13.2 Å². The van der Waals surface area contributed by atoms with Crippen LogP contribution in [0.2, 0.25) is 0 Å². The van der Waals surface area contributed by atoms with Gasteiger partial charge in [0.1, 0.15) is 18.3 Å². The molecule has 27 heavy (non-hydrogen) atoms. The van der Waals surface area contributed by atoms with Crippen LogP contribution in [0, 0.1) is 0 Å². The number of aliphatic hydroxyl groups is 1. The molecule has 1 fully saturated rings. The minimum absolute atomic E-state index is 0.117. The fraction of sp³-hybridized carbons (Fsp3) is 0.391. The van der Waals surface area contributed by atoms with Crippen LogP contribution in [0.15, 0.2) is 72.8 Å². The van der Waals surface area contributed by atoms with Crippen molar-refractivity contribution in [3.63, 3.8) is 0 Å². The standard InChI is InChI=1S/C23H28O4/c1-3-20-17(2)22(25-15-18-10-6-4-7-11-18)23(21(14-24)27-20)26-16-19-12-8-5-9-13-19/h4-13,20-24H,2-3,14-16H2,1H3. The largest absolute Gasteiger partial charge is 0.394 e. The highest BCUT2D eigenvalue weighted by molar-refractivity contribution is 5.19. The van der Waals surface area contributed by atoms with Gasteiger partial charge in [-0.25, -0.2) is 0 Å². The maximum atomic E-state index is 9.87. The Balaban J connectivity index is 1.74. The predicted molar refractivity (Wildman–Crippen MR) is 105 cm³/mol. The van der Waals surface area contributed by atoms with Gasteiger partial charge in [-0.3, -0.25) is 0 Å². The van der Waals surface area contributed by atoms with E-state index in [1.165, 1.54) is 0 Å². The van der Waals surface area contributed by atoms with E-state index in [2.05, 4.69) is 6.58 Å². The molecular weight excluding hydrogens is 340 g/mol. The quantitative estimate of drug-likeness (QED) is 0.719. The number of benzene rings is 2. The molecular formula is C23H28O4. The maximum absolute atomic E-state index is 9.87. The van der Waals surface area contributed by atoms with Crippen molar-refractivity contribution in [2.75, 3.05) is 6.61 Å². The molecule has 4 unspecified atom stereocenters. The van der Waals surface area contributed by atoms with Gasteiger partial charge in [0.2, 0.25) is 0 Å². The zero-order valence-electron chi connectivity index (χ0n) is 15.8. The van der Waals surface area contributed by atoms with E-state index in [1.54, 1.807) is 0 Å². The Morgan fingerprint density at radius 1 is 0.926 bits per heavy atom. The molecule has 1 aliphatic heterocycles. The summed E-state index contributed by atoms with van der Waals surface area (Å²) in [6.45, 7) is 7.04. The molecule has 0 bridgehead atoms. The van der Waals surface area contributed by atoms with Crippen molar-refractivity contribution in [1.29, 1.82) is 0 Å². The Morgan fingerprint density at radius 2 is 1.48 bits per heavy atom. The van der Waals surface area contributed by atoms with E-state index in [0.717, 1.165) is 23.1 Å². The van der Waals surface area contributed by atoms with Gasteiger partial charge < -0.3 is 19.3 Å². The summed E-state index contributed by atoms with van der Waals surface area (Å²) >= 11 is 0. The second-order valence-electron chi connectivity index (χ2n) is 6.81. The first kappa shape index (κ1) is 19.8. The van der Waals surface area contributed by atoms with Gasteiger partial charge in [-0.2, -0.15) is 0 Å². The molecule has 3 rings (SSSR count). The molecule has 1 saturated heterocycles. The van der Waals surface area contributed by atoms with Gasteiger partial charge in [0.05, 0.1) is 25.9 Å². The highest BCUT2D eigenvalue weighted by Crippen LogP contribution is 2.31. The Labute approximate surface area is 161 Å². The van der Waals surface area contributed by atoms with Crippen molar-refractivity contribution in [3.05, 3.63) is 83.9 Å². The lowest BCUT2D eigenvalue weighted by Crippen LogP contribution is -2.53. The molecule has 0 radical (unpaired) electrons. The van der Waals surface area contributed by atoms with Crippen LogP contribution in [0.3, 0.4) is 0 Å². The van der Waals surface area contributed by atoms with Gasteiger partial charge in [-0.15, -0.1) is 0 Å². The number of rotatable bonds is 8. The van der Waals surface area contributed by atoms with Crippen molar-refractivity contribution < 1.29 is 19.3 Å². The summed E-state index contributed by atoms with van der Waals surface area (Å²) in [7, 11) is 0. The van der Waals surface area contributed by atoms with Gasteiger partial charge in [0.25, 0.3) is 0 Å². The summed E-state index contributed by atoms with van der Waals surface area (Å²) in [4.78, 5) is 0. The lowest BCUT2D eigenvalue weighted by Gasteiger charge is -2.42. The molecule has 2 aromatic rings. The van der Waals surface area contributed by atoms with Gasteiger partial charge in [0, 0.05) is 0 Å². The molecule has 4 atom stereocenters. The number of hydrogen-bond acceptors (Lipinski definition) is 4. The molecule has 0 aliphatic carbocycles. The second-order valence-corrected chi connectivity index (χ2v) is 6.81. The first-order valence-electron chi connectivity index (χ1n) is 9.49. The van der Waals surface area contributed by atoms with E-state index in [9.17, 15) is 5.11 Å². The molecule has 144 valence electrons. The SMILES string of the molecule is C=C1C(CC)OC(CO)C(OCc2ccccc2)C1OCc1ccccc1. The van der Waals surface area contributed by atoms with Crippen LogP contribution in [-0.4, -0.2) is 36.1 Å². The molecule has 4 heteroatoms. The molecule has 0 aromatic heterocycles. The number of aliphatic hydroxyl groups excluding tert-OH is 1. The van der Waals surface area contributed by atoms with Crippen LogP contribution < -0.4 is 0 Å². The molecule has 0 saturated carbocycles. The minimum Gasteiger partial charge on any atom is -0.394 e. The van der Waals surface area contributed by atoms with Crippen LogP contribution in [0.5, 0.6) is 0 Å². The summed E-state index contributed by atoms with van der Waals surface area (Å²) < 4.78 is 18.4. The summed E-state index contributed by atoms with van der Waals surface area (Å²) in [5.41, 5.74) is 3.03. The van der Waals surface area contributed by atoms with Gasteiger partial charge >= 0.3 is 0 Å². The average molecular weight is 368 g/mol. The summed E-state index contributed by atoms with van der Waals surface area (Å²) in [6, 6.07) is 20.0. The second kappa shape index (κ2) is 9.81. The Bertz CT molecular complexity index is 701. The lowest BCUT2D eigenvalue weighted by atomic mass is 9.92. The van der Waals surface area contributed by atoms with Crippen LogP contribution in [0.25, 0.3) is 0 Å². The Morgan fingerprint density at radius 3 is 2.00 bits per heavy atom. The fourth-order valence-corrected chi connectivity index (χ4v) is 3.39. The van der Waals surface area contributed by atoms with E-state index < -0.39 is 12.2 Å². The third kappa shape index (κ3) is 5.05. The van der Waals surface area contributed by atoms with Crippen LogP contribution in [-0.2, 0) is 27.4 Å². The Hall–Kier alpha value is -1.98. The van der Waals surface area contributed by atoms with Gasteiger partial charge in [-0.05, 0) is 23.1 Å². The summed E-state index contributed by atoms with van der Waals surface area (Å²) in [5, 5.41) is 9.87.